The maximum absolute atomic E-state index is 11.5. The maximum atomic E-state index is 11.5. The highest BCUT2D eigenvalue weighted by Crippen LogP contribution is 2.07. The van der Waals surface area contributed by atoms with Gasteiger partial charge in [-0.2, -0.15) is 0 Å². The lowest BCUT2D eigenvalue weighted by Crippen LogP contribution is -2.19. The molecule has 2 rings (SSSR count). The van der Waals surface area contributed by atoms with E-state index in [9.17, 15) is 9.59 Å². The van der Waals surface area contributed by atoms with Gasteiger partial charge in [-0.05, 0) is 12.1 Å². The summed E-state index contributed by atoms with van der Waals surface area (Å²) in [7, 11) is 0. The Labute approximate surface area is 91.9 Å². The summed E-state index contributed by atoms with van der Waals surface area (Å²) in [6, 6.07) is 8.57. The van der Waals surface area contributed by atoms with Crippen molar-refractivity contribution < 1.29 is 23.8 Å². The van der Waals surface area contributed by atoms with Gasteiger partial charge in [0.05, 0.1) is 5.56 Å². The summed E-state index contributed by atoms with van der Waals surface area (Å²) in [5, 5.41) is 0. The highest BCUT2D eigenvalue weighted by Gasteiger charge is 2.25. The van der Waals surface area contributed by atoms with Crippen LogP contribution in [-0.4, -0.2) is 31.4 Å². The van der Waals surface area contributed by atoms with Gasteiger partial charge in [-0.1, -0.05) is 18.2 Å². The molecule has 1 aliphatic heterocycles. The number of esters is 2. The van der Waals surface area contributed by atoms with E-state index in [1.807, 2.05) is 0 Å². The van der Waals surface area contributed by atoms with Gasteiger partial charge in [0, 0.05) is 0 Å². The van der Waals surface area contributed by atoms with Gasteiger partial charge in [0.1, 0.15) is 6.61 Å². The first-order valence-electron chi connectivity index (χ1n) is 4.79. The predicted molar refractivity (Wildman–Crippen MR) is 52.6 cm³/mol. The Hall–Kier alpha value is -1.88. The summed E-state index contributed by atoms with van der Waals surface area (Å²) in [5.41, 5.74) is 0.451. The normalized spacial score (nSPS) is 19.2. The molecule has 84 valence electrons. The number of carbonyl (C=O) groups excluding carboxylic acids is 2. The zero-order chi connectivity index (χ0) is 11.4. The summed E-state index contributed by atoms with van der Waals surface area (Å²) in [4.78, 5) is 22.1. The molecule has 1 aliphatic rings. The van der Waals surface area contributed by atoms with Crippen LogP contribution in [-0.2, 0) is 19.0 Å². The minimum atomic E-state index is -0.778. The lowest BCUT2D eigenvalue weighted by molar-refractivity contribution is -0.146. The zero-order valence-electron chi connectivity index (χ0n) is 8.42. The second-order valence-electron chi connectivity index (χ2n) is 3.19. The molecule has 1 aromatic carbocycles. The van der Waals surface area contributed by atoms with Crippen molar-refractivity contribution in [3.63, 3.8) is 0 Å². The molecular weight excluding hydrogens is 212 g/mol. The molecule has 0 saturated carbocycles. The number of ether oxygens (including phenoxy) is 3. The Kier molecular flexibility index (Phi) is 3.16. The summed E-state index contributed by atoms with van der Waals surface area (Å²) in [5.74, 6) is -0.909. The van der Waals surface area contributed by atoms with E-state index in [1.165, 1.54) is 0 Å². The van der Waals surface area contributed by atoms with Crippen LogP contribution in [0.25, 0.3) is 0 Å². The molecular formula is C11H10O5. The number of hydrogen-bond acceptors (Lipinski definition) is 5. The van der Waals surface area contributed by atoms with Crippen LogP contribution in [0.4, 0.5) is 0 Å². The quantitative estimate of drug-likeness (QED) is 0.706. The van der Waals surface area contributed by atoms with Gasteiger partial charge < -0.3 is 14.2 Å². The summed E-state index contributed by atoms with van der Waals surface area (Å²) >= 11 is 0. The first kappa shape index (κ1) is 10.6. The fraction of sp³-hybridized carbons (Fsp3) is 0.273. The number of benzene rings is 1. The average molecular weight is 222 g/mol. The van der Waals surface area contributed by atoms with Crippen molar-refractivity contribution in [3.8, 4) is 0 Å². The SMILES string of the molecule is O=C1COC(COC(=O)c2ccccc2)O1. The standard InChI is InChI=1S/C11H10O5/c12-9-6-14-10(16-9)7-15-11(13)8-4-2-1-3-5-8/h1-5,10H,6-7H2. The molecule has 1 aromatic rings. The third-order valence-corrected chi connectivity index (χ3v) is 2.01. The molecule has 1 atom stereocenters. The molecule has 0 aliphatic carbocycles. The van der Waals surface area contributed by atoms with Gasteiger partial charge in [-0.15, -0.1) is 0 Å². The van der Waals surface area contributed by atoms with Crippen molar-refractivity contribution >= 4 is 11.9 Å². The number of carbonyl (C=O) groups is 2. The minimum Gasteiger partial charge on any atom is -0.455 e. The molecule has 1 fully saturated rings. The van der Waals surface area contributed by atoms with Crippen molar-refractivity contribution in [2.24, 2.45) is 0 Å². The van der Waals surface area contributed by atoms with E-state index < -0.39 is 18.2 Å². The highest BCUT2D eigenvalue weighted by atomic mass is 16.8. The Bertz CT molecular complexity index is 387. The third kappa shape index (κ3) is 2.58. The van der Waals surface area contributed by atoms with Crippen LogP contribution < -0.4 is 0 Å². The van der Waals surface area contributed by atoms with Crippen LogP contribution in [0.2, 0.25) is 0 Å². The van der Waals surface area contributed by atoms with E-state index in [0.29, 0.717) is 5.56 Å². The summed E-state index contributed by atoms with van der Waals surface area (Å²) in [6.45, 7) is -0.174. The van der Waals surface area contributed by atoms with Gasteiger partial charge in [-0.25, -0.2) is 9.59 Å². The van der Waals surface area contributed by atoms with E-state index in [0.717, 1.165) is 0 Å². The fourth-order valence-electron chi connectivity index (χ4n) is 1.26. The Morgan fingerprint density at radius 3 is 2.75 bits per heavy atom. The maximum Gasteiger partial charge on any atom is 0.338 e. The number of cyclic esters (lactones) is 1. The second kappa shape index (κ2) is 4.76. The molecule has 0 radical (unpaired) electrons. The minimum absolute atomic E-state index is 0.0839. The van der Waals surface area contributed by atoms with Gasteiger partial charge in [0.2, 0.25) is 6.29 Å². The van der Waals surface area contributed by atoms with Crippen molar-refractivity contribution in [1.29, 1.82) is 0 Å². The number of hydrogen-bond donors (Lipinski definition) is 0. The van der Waals surface area contributed by atoms with Crippen LogP contribution in [0.3, 0.4) is 0 Å². The van der Waals surface area contributed by atoms with Crippen LogP contribution in [0, 0.1) is 0 Å². The zero-order valence-corrected chi connectivity index (χ0v) is 8.42. The molecule has 0 bridgehead atoms. The molecule has 1 heterocycles. The fourth-order valence-corrected chi connectivity index (χ4v) is 1.26. The molecule has 1 saturated heterocycles. The van der Waals surface area contributed by atoms with E-state index in [4.69, 9.17) is 14.2 Å². The van der Waals surface area contributed by atoms with Gasteiger partial charge in [0.15, 0.2) is 6.61 Å². The van der Waals surface area contributed by atoms with Crippen molar-refractivity contribution in [3.05, 3.63) is 35.9 Å². The van der Waals surface area contributed by atoms with Crippen LogP contribution in [0.15, 0.2) is 30.3 Å². The summed E-state index contributed by atoms with van der Waals surface area (Å²) in [6.07, 6.45) is -0.778. The lowest BCUT2D eigenvalue weighted by Gasteiger charge is -2.08. The molecule has 0 spiro atoms. The first-order chi connectivity index (χ1) is 7.75. The molecule has 1 unspecified atom stereocenters. The van der Waals surface area contributed by atoms with Crippen molar-refractivity contribution in [2.45, 2.75) is 6.29 Å². The average Bonchev–Trinajstić information content (AvgIpc) is 2.73. The van der Waals surface area contributed by atoms with E-state index in [2.05, 4.69) is 0 Å². The smallest absolute Gasteiger partial charge is 0.338 e. The monoisotopic (exact) mass is 222 g/mol. The Morgan fingerprint density at radius 2 is 2.12 bits per heavy atom. The molecule has 0 amide bonds. The Balaban J connectivity index is 1.82. The van der Waals surface area contributed by atoms with Gasteiger partial charge >= 0.3 is 11.9 Å². The second-order valence-corrected chi connectivity index (χ2v) is 3.19. The van der Waals surface area contributed by atoms with Crippen LogP contribution >= 0.6 is 0 Å². The molecule has 5 nitrogen and oxygen atoms in total. The van der Waals surface area contributed by atoms with Gasteiger partial charge in [0.25, 0.3) is 0 Å². The largest absolute Gasteiger partial charge is 0.455 e. The predicted octanol–water partition coefficient (Wildman–Crippen LogP) is 0.743. The first-order valence-corrected chi connectivity index (χ1v) is 4.79. The Morgan fingerprint density at radius 1 is 1.38 bits per heavy atom. The third-order valence-electron chi connectivity index (χ3n) is 2.01. The number of rotatable bonds is 3. The lowest BCUT2D eigenvalue weighted by atomic mass is 10.2. The van der Waals surface area contributed by atoms with Crippen LogP contribution in [0.5, 0.6) is 0 Å². The molecule has 0 aromatic heterocycles. The highest BCUT2D eigenvalue weighted by molar-refractivity contribution is 5.89. The van der Waals surface area contributed by atoms with E-state index in [-0.39, 0.29) is 13.2 Å². The van der Waals surface area contributed by atoms with Gasteiger partial charge in [-0.3, -0.25) is 0 Å². The topological polar surface area (TPSA) is 61.8 Å². The molecule has 5 heteroatoms. The molecule has 16 heavy (non-hydrogen) atoms. The van der Waals surface area contributed by atoms with Crippen molar-refractivity contribution in [2.75, 3.05) is 13.2 Å². The summed E-state index contributed by atoms with van der Waals surface area (Å²) < 4.78 is 14.5. The molecule has 0 N–H and O–H groups in total. The van der Waals surface area contributed by atoms with E-state index in [1.54, 1.807) is 30.3 Å². The van der Waals surface area contributed by atoms with Crippen LogP contribution in [0.1, 0.15) is 10.4 Å². The van der Waals surface area contributed by atoms with E-state index >= 15 is 0 Å². The van der Waals surface area contributed by atoms with Crippen molar-refractivity contribution in [1.82, 2.24) is 0 Å².